The number of para-hydroxylation sites is 1. The molecule has 2 rings (SSSR count). The minimum Gasteiger partial charge on any atom is -0.324 e. The largest absolute Gasteiger partial charge is 0.418 e. The second kappa shape index (κ2) is 6.01. The van der Waals surface area contributed by atoms with Crippen molar-refractivity contribution in [1.29, 1.82) is 0 Å². The third kappa shape index (κ3) is 3.64. The lowest BCUT2D eigenvalue weighted by molar-refractivity contribution is -0.137. The molecule has 1 saturated heterocycles. The number of rotatable bonds is 3. The van der Waals surface area contributed by atoms with Crippen molar-refractivity contribution in [2.45, 2.75) is 31.5 Å². The molecule has 1 heterocycles. The molecule has 1 aromatic carbocycles. The molecule has 1 aromatic rings. The van der Waals surface area contributed by atoms with Crippen LogP contribution in [0.4, 0.5) is 18.9 Å². The average molecular weight is 307 g/mol. The number of alkyl halides is 3. The van der Waals surface area contributed by atoms with Crippen molar-refractivity contribution in [3.8, 4) is 0 Å². The van der Waals surface area contributed by atoms with Gasteiger partial charge in [0.05, 0.1) is 16.3 Å². The molecule has 0 radical (unpaired) electrons. The fraction of sp³-hybridized carbons (Fsp3) is 0.462. The molecule has 7 heteroatoms. The second-order valence-electron chi connectivity index (χ2n) is 4.71. The number of anilines is 1. The summed E-state index contributed by atoms with van der Waals surface area (Å²) in [6.07, 6.45) is -2.60. The van der Waals surface area contributed by atoms with Crippen molar-refractivity contribution >= 4 is 23.2 Å². The van der Waals surface area contributed by atoms with E-state index in [0.29, 0.717) is 0 Å². The lowest BCUT2D eigenvalue weighted by atomic mass is 10.1. The van der Waals surface area contributed by atoms with Crippen LogP contribution in [0.2, 0.25) is 5.02 Å². The van der Waals surface area contributed by atoms with Crippen LogP contribution in [0.1, 0.15) is 24.8 Å². The minimum absolute atomic E-state index is 0.0202. The highest BCUT2D eigenvalue weighted by Crippen LogP contribution is 2.38. The summed E-state index contributed by atoms with van der Waals surface area (Å²) in [5.41, 5.74) is -1.30. The summed E-state index contributed by atoms with van der Waals surface area (Å²) in [4.78, 5) is 11.8. The Morgan fingerprint density at radius 2 is 2.20 bits per heavy atom. The highest BCUT2D eigenvalue weighted by molar-refractivity contribution is 6.34. The monoisotopic (exact) mass is 306 g/mol. The first-order valence-electron chi connectivity index (χ1n) is 6.27. The van der Waals surface area contributed by atoms with Crippen molar-refractivity contribution in [2.75, 3.05) is 11.9 Å². The van der Waals surface area contributed by atoms with E-state index in [9.17, 15) is 18.0 Å². The van der Waals surface area contributed by atoms with Gasteiger partial charge in [-0.3, -0.25) is 4.79 Å². The first-order chi connectivity index (χ1) is 9.38. The number of hydrogen-bond acceptors (Lipinski definition) is 2. The Kier molecular flexibility index (Phi) is 4.55. The van der Waals surface area contributed by atoms with Gasteiger partial charge < -0.3 is 10.6 Å². The summed E-state index contributed by atoms with van der Waals surface area (Å²) in [6, 6.07) is 3.45. The zero-order valence-corrected chi connectivity index (χ0v) is 11.3. The molecule has 0 aliphatic carbocycles. The topological polar surface area (TPSA) is 41.1 Å². The lowest BCUT2D eigenvalue weighted by Crippen LogP contribution is -2.28. The predicted octanol–water partition coefficient (Wildman–Crippen LogP) is 3.44. The molecule has 1 atom stereocenters. The molecule has 0 bridgehead atoms. The number of benzene rings is 1. The second-order valence-corrected chi connectivity index (χ2v) is 5.11. The van der Waals surface area contributed by atoms with Crippen molar-refractivity contribution in [1.82, 2.24) is 5.32 Å². The number of amides is 1. The number of carbonyl (C=O) groups is 1. The molecule has 1 unspecified atom stereocenters. The van der Waals surface area contributed by atoms with Crippen molar-refractivity contribution < 1.29 is 18.0 Å². The van der Waals surface area contributed by atoms with Crippen LogP contribution < -0.4 is 10.6 Å². The Hall–Kier alpha value is -1.27. The summed E-state index contributed by atoms with van der Waals surface area (Å²) >= 11 is 5.77. The Balaban J connectivity index is 2.13. The molecule has 0 aromatic heterocycles. The minimum atomic E-state index is -4.56. The van der Waals surface area contributed by atoms with E-state index < -0.39 is 17.6 Å². The zero-order chi connectivity index (χ0) is 14.8. The SMILES string of the molecule is O=C(CC1CCCN1)Nc1c(Cl)cccc1C(F)(F)F. The van der Waals surface area contributed by atoms with Crippen LogP contribution in [-0.2, 0) is 11.0 Å². The van der Waals surface area contributed by atoms with Gasteiger partial charge in [-0.25, -0.2) is 0 Å². The molecule has 1 amide bonds. The maximum absolute atomic E-state index is 12.9. The van der Waals surface area contributed by atoms with Gasteiger partial charge in [0, 0.05) is 12.5 Å². The summed E-state index contributed by atoms with van der Waals surface area (Å²) in [5, 5.41) is 5.28. The molecule has 3 nitrogen and oxygen atoms in total. The molecule has 1 aliphatic heterocycles. The van der Waals surface area contributed by atoms with Crippen molar-refractivity contribution in [3.63, 3.8) is 0 Å². The van der Waals surface area contributed by atoms with Gasteiger partial charge in [0.15, 0.2) is 0 Å². The third-order valence-electron chi connectivity index (χ3n) is 3.18. The van der Waals surface area contributed by atoms with Crippen LogP contribution in [0.15, 0.2) is 18.2 Å². The van der Waals surface area contributed by atoms with Gasteiger partial charge in [-0.2, -0.15) is 13.2 Å². The van der Waals surface area contributed by atoms with Gasteiger partial charge in [-0.1, -0.05) is 17.7 Å². The Morgan fingerprint density at radius 1 is 1.45 bits per heavy atom. The van der Waals surface area contributed by atoms with E-state index in [2.05, 4.69) is 10.6 Å². The van der Waals surface area contributed by atoms with E-state index in [4.69, 9.17) is 11.6 Å². The first-order valence-corrected chi connectivity index (χ1v) is 6.64. The lowest BCUT2D eigenvalue weighted by Gasteiger charge is -2.16. The normalized spacial score (nSPS) is 19.1. The fourth-order valence-electron chi connectivity index (χ4n) is 2.23. The molecular weight excluding hydrogens is 293 g/mol. The van der Waals surface area contributed by atoms with Gasteiger partial charge in [0.1, 0.15) is 0 Å². The summed E-state index contributed by atoms with van der Waals surface area (Å²) in [6.45, 7) is 0.831. The predicted molar refractivity (Wildman–Crippen MR) is 70.7 cm³/mol. The van der Waals surface area contributed by atoms with Crippen LogP contribution in [0, 0.1) is 0 Å². The van der Waals surface area contributed by atoms with E-state index in [-0.39, 0.29) is 23.2 Å². The molecule has 2 N–H and O–H groups in total. The summed E-state index contributed by atoms with van der Waals surface area (Å²) in [7, 11) is 0. The molecule has 1 aliphatic rings. The Bertz CT molecular complexity index is 499. The van der Waals surface area contributed by atoms with Crippen LogP contribution in [0.3, 0.4) is 0 Å². The van der Waals surface area contributed by atoms with Crippen LogP contribution in [-0.4, -0.2) is 18.5 Å². The Morgan fingerprint density at radius 3 is 2.80 bits per heavy atom. The molecule has 1 fully saturated rings. The van der Waals surface area contributed by atoms with Crippen LogP contribution >= 0.6 is 11.6 Å². The third-order valence-corrected chi connectivity index (χ3v) is 3.49. The van der Waals surface area contributed by atoms with Crippen LogP contribution in [0.25, 0.3) is 0 Å². The van der Waals surface area contributed by atoms with Crippen molar-refractivity contribution in [3.05, 3.63) is 28.8 Å². The van der Waals surface area contributed by atoms with Crippen molar-refractivity contribution in [2.24, 2.45) is 0 Å². The van der Waals surface area contributed by atoms with E-state index in [0.717, 1.165) is 25.5 Å². The van der Waals surface area contributed by atoms with E-state index in [1.54, 1.807) is 0 Å². The number of halogens is 4. The molecular formula is C13H14ClF3N2O. The zero-order valence-electron chi connectivity index (χ0n) is 10.6. The van der Waals surface area contributed by atoms with E-state index >= 15 is 0 Å². The smallest absolute Gasteiger partial charge is 0.324 e. The standard InChI is InChI=1S/C13H14ClF3N2O/c14-10-5-1-4-9(13(15,16)17)12(10)19-11(20)7-8-3-2-6-18-8/h1,4-5,8,18H,2-3,6-7H2,(H,19,20). The van der Waals surface area contributed by atoms with E-state index in [1.165, 1.54) is 12.1 Å². The average Bonchev–Trinajstić information content (AvgIpc) is 2.83. The quantitative estimate of drug-likeness (QED) is 0.898. The van der Waals surface area contributed by atoms with Gasteiger partial charge in [-0.15, -0.1) is 0 Å². The Labute approximate surface area is 119 Å². The highest BCUT2D eigenvalue weighted by atomic mass is 35.5. The van der Waals surface area contributed by atoms with Gasteiger partial charge >= 0.3 is 6.18 Å². The number of carbonyl (C=O) groups excluding carboxylic acids is 1. The highest BCUT2D eigenvalue weighted by Gasteiger charge is 2.35. The molecule has 110 valence electrons. The van der Waals surface area contributed by atoms with Gasteiger partial charge in [0.2, 0.25) is 5.91 Å². The first kappa shape index (κ1) is 15.1. The molecule has 20 heavy (non-hydrogen) atoms. The van der Waals surface area contributed by atoms with E-state index in [1.807, 2.05) is 0 Å². The number of hydrogen-bond donors (Lipinski definition) is 2. The maximum Gasteiger partial charge on any atom is 0.418 e. The fourth-order valence-corrected chi connectivity index (χ4v) is 2.45. The summed E-state index contributed by atoms with van der Waals surface area (Å²) < 4.78 is 38.6. The molecule has 0 spiro atoms. The molecule has 0 saturated carbocycles. The van der Waals surface area contributed by atoms with Gasteiger partial charge in [-0.05, 0) is 31.5 Å². The maximum atomic E-state index is 12.9. The number of nitrogens with one attached hydrogen (secondary N) is 2. The summed E-state index contributed by atoms with van der Waals surface area (Å²) in [5.74, 6) is -0.469. The van der Waals surface area contributed by atoms with Crippen LogP contribution in [0.5, 0.6) is 0 Å². The van der Waals surface area contributed by atoms with Gasteiger partial charge in [0.25, 0.3) is 0 Å².